The maximum Gasteiger partial charge on any atom is 0.350 e. The molecular weight excluding hydrogens is 352 g/mol. The van der Waals surface area contributed by atoms with Crippen molar-refractivity contribution in [1.29, 1.82) is 0 Å². The Hall–Kier alpha value is -2.59. The average molecular weight is 371 g/mol. The minimum Gasteiger partial charge on any atom is -0.478 e. The lowest BCUT2D eigenvalue weighted by Gasteiger charge is -2.17. The molecular formula is C16H19F2N3O5. The third-order valence-electron chi connectivity index (χ3n) is 3.67. The van der Waals surface area contributed by atoms with Crippen molar-refractivity contribution in [3.63, 3.8) is 0 Å². The van der Waals surface area contributed by atoms with Gasteiger partial charge >= 0.3 is 11.7 Å². The van der Waals surface area contributed by atoms with Crippen molar-refractivity contribution in [2.75, 3.05) is 6.61 Å². The summed E-state index contributed by atoms with van der Waals surface area (Å²) in [5, 5.41) is 12.8. The highest BCUT2D eigenvalue weighted by Crippen LogP contribution is 2.20. The Balaban J connectivity index is 2.46. The van der Waals surface area contributed by atoms with Crippen LogP contribution in [0.2, 0.25) is 0 Å². The summed E-state index contributed by atoms with van der Waals surface area (Å²) < 4.78 is 40.7. The number of carboxylic acids is 1. The molecule has 1 heterocycles. The molecule has 1 aromatic carbocycles. The van der Waals surface area contributed by atoms with Gasteiger partial charge in [-0.1, -0.05) is 0 Å². The Bertz CT molecular complexity index is 878. The molecule has 26 heavy (non-hydrogen) atoms. The van der Waals surface area contributed by atoms with E-state index >= 15 is 0 Å². The van der Waals surface area contributed by atoms with E-state index < -0.39 is 46.9 Å². The first-order valence-corrected chi connectivity index (χ1v) is 7.83. The van der Waals surface area contributed by atoms with Gasteiger partial charge in [0, 0.05) is 19.7 Å². The summed E-state index contributed by atoms with van der Waals surface area (Å²) in [5.74, 6) is -3.72. The van der Waals surface area contributed by atoms with E-state index in [4.69, 9.17) is 14.6 Å². The summed E-state index contributed by atoms with van der Waals surface area (Å²) in [4.78, 5) is 23.2. The zero-order chi connectivity index (χ0) is 19.6. The second-order valence-corrected chi connectivity index (χ2v) is 5.50. The molecule has 0 aliphatic rings. The van der Waals surface area contributed by atoms with Crippen molar-refractivity contribution in [3.8, 4) is 5.69 Å². The van der Waals surface area contributed by atoms with Crippen LogP contribution in [0, 0.1) is 11.6 Å². The van der Waals surface area contributed by atoms with Gasteiger partial charge in [0.2, 0.25) is 0 Å². The molecule has 0 spiro atoms. The maximum absolute atomic E-state index is 14.2. The first-order chi connectivity index (χ1) is 12.2. The van der Waals surface area contributed by atoms with Crippen molar-refractivity contribution >= 4 is 5.97 Å². The molecule has 2 rings (SSSR count). The Morgan fingerprint density at radius 3 is 2.54 bits per heavy atom. The highest BCUT2D eigenvalue weighted by molar-refractivity contribution is 5.88. The molecule has 1 aromatic heterocycles. The van der Waals surface area contributed by atoms with Crippen molar-refractivity contribution in [3.05, 3.63) is 45.6 Å². The number of halogens is 2. The molecule has 0 bridgehead atoms. The zero-order valence-corrected chi connectivity index (χ0v) is 14.7. The fourth-order valence-corrected chi connectivity index (χ4v) is 2.45. The van der Waals surface area contributed by atoms with E-state index in [9.17, 15) is 18.4 Å². The van der Waals surface area contributed by atoms with E-state index in [-0.39, 0.29) is 5.82 Å². The molecule has 0 saturated heterocycles. The van der Waals surface area contributed by atoms with Crippen molar-refractivity contribution < 1.29 is 28.2 Å². The zero-order valence-electron chi connectivity index (χ0n) is 14.7. The van der Waals surface area contributed by atoms with E-state index in [1.54, 1.807) is 20.8 Å². The Morgan fingerprint density at radius 1 is 1.31 bits per heavy atom. The molecule has 10 heteroatoms. The molecule has 2 unspecified atom stereocenters. The molecule has 0 radical (unpaired) electrons. The topological polar surface area (TPSA) is 95.6 Å². The molecule has 0 saturated carbocycles. The van der Waals surface area contributed by atoms with Gasteiger partial charge in [0.15, 0.2) is 12.1 Å². The predicted molar refractivity (Wildman–Crippen MR) is 86.3 cm³/mol. The summed E-state index contributed by atoms with van der Waals surface area (Å²) in [5.41, 5.74) is -2.07. The third-order valence-corrected chi connectivity index (χ3v) is 3.67. The first-order valence-electron chi connectivity index (χ1n) is 7.83. The number of rotatable bonds is 7. The molecule has 0 aliphatic heterocycles. The van der Waals surface area contributed by atoms with Gasteiger partial charge in [0.1, 0.15) is 23.4 Å². The van der Waals surface area contributed by atoms with Gasteiger partial charge in [-0.05, 0) is 26.8 Å². The minimum absolute atomic E-state index is 0.170. The number of carbonyl (C=O) groups is 1. The molecule has 0 fully saturated rings. The van der Waals surface area contributed by atoms with E-state index in [0.29, 0.717) is 23.4 Å². The van der Waals surface area contributed by atoms with Crippen LogP contribution >= 0.6 is 0 Å². The predicted octanol–water partition coefficient (Wildman–Crippen LogP) is 2.01. The van der Waals surface area contributed by atoms with Crippen molar-refractivity contribution in [2.45, 2.75) is 33.2 Å². The standard InChI is InChI=1S/C16H19F2N3O5/c1-5-25-9(3)26-8(2)14-19-21(16(24)20(14)4)13-7-11(17)10(15(22)23)6-12(13)18/h6-9H,5H2,1-4H3,(H,22,23). The van der Waals surface area contributed by atoms with Gasteiger partial charge < -0.3 is 14.6 Å². The van der Waals surface area contributed by atoms with Crippen LogP contribution in [-0.4, -0.2) is 38.3 Å². The van der Waals surface area contributed by atoms with E-state index in [2.05, 4.69) is 5.10 Å². The minimum atomic E-state index is -1.62. The molecule has 0 amide bonds. The Labute approximate surface area is 147 Å². The fourth-order valence-electron chi connectivity index (χ4n) is 2.45. The number of ether oxygens (including phenoxy) is 2. The number of aromatic carboxylic acids is 1. The largest absolute Gasteiger partial charge is 0.478 e. The number of benzene rings is 1. The fraction of sp³-hybridized carbons (Fsp3) is 0.438. The van der Waals surface area contributed by atoms with Gasteiger partial charge in [-0.25, -0.2) is 18.4 Å². The van der Waals surface area contributed by atoms with Crippen LogP contribution in [0.15, 0.2) is 16.9 Å². The maximum atomic E-state index is 14.2. The van der Waals surface area contributed by atoms with Gasteiger partial charge in [-0.15, -0.1) is 5.10 Å². The van der Waals surface area contributed by atoms with Crippen LogP contribution in [0.4, 0.5) is 8.78 Å². The molecule has 1 N–H and O–H groups in total. The quantitative estimate of drug-likeness (QED) is 0.748. The molecule has 2 aromatic rings. The molecule has 142 valence electrons. The number of hydrogen-bond acceptors (Lipinski definition) is 5. The lowest BCUT2D eigenvalue weighted by molar-refractivity contribution is -0.156. The highest BCUT2D eigenvalue weighted by Gasteiger charge is 2.23. The van der Waals surface area contributed by atoms with Crippen LogP contribution in [-0.2, 0) is 16.5 Å². The van der Waals surface area contributed by atoms with Gasteiger partial charge in [-0.3, -0.25) is 4.57 Å². The Kier molecular flexibility index (Phi) is 5.88. The first kappa shape index (κ1) is 19.7. The third kappa shape index (κ3) is 3.81. The molecule has 8 nitrogen and oxygen atoms in total. The lowest BCUT2D eigenvalue weighted by atomic mass is 10.2. The number of nitrogens with zero attached hydrogens (tertiary/aromatic N) is 3. The number of carboxylic acid groups (broad SMARTS) is 1. The summed E-state index contributed by atoms with van der Waals surface area (Å²) >= 11 is 0. The monoisotopic (exact) mass is 371 g/mol. The summed E-state index contributed by atoms with van der Waals surface area (Å²) in [7, 11) is 1.41. The SMILES string of the molecule is CCOC(C)OC(C)c1nn(-c2cc(F)c(C(=O)O)cc2F)c(=O)n1C. The highest BCUT2D eigenvalue weighted by atomic mass is 19.1. The van der Waals surface area contributed by atoms with Gasteiger partial charge in [0.05, 0.1) is 5.56 Å². The lowest BCUT2D eigenvalue weighted by Crippen LogP contribution is -2.24. The summed E-state index contributed by atoms with van der Waals surface area (Å²) in [6.07, 6.45) is -1.22. The van der Waals surface area contributed by atoms with Gasteiger partial charge in [-0.2, -0.15) is 4.68 Å². The summed E-state index contributed by atoms with van der Waals surface area (Å²) in [6, 6.07) is 1.12. The second kappa shape index (κ2) is 7.75. The van der Waals surface area contributed by atoms with Crippen LogP contribution in [0.1, 0.15) is 43.1 Å². The molecule has 2 atom stereocenters. The smallest absolute Gasteiger partial charge is 0.350 e. The molecule has 0 aliphatic carbocycles. The van der Waals surface area contributed by atoms with E-state index in [0.717, 1.165) is 4.57 Å². The van der Waals surface area contributed by atoms with Crippen molar-refractivity contribution in [1.82, 2.24) is 14.3 Å². The normalized spacial score (nSPS) is 13.6. The van der Waals surface area contributed by atoms with E-state index in [1.807, 2.05) is 0 Å². The number of hydrogen-bond donors (Lipinski definition) is 1. The van der Waals surface area contributed by atoms with Crippen LogP contribution in [0.5, 0.6) is 0 Å². The second-order valence-electron chi connectivity index (χ2n) is 5.50. The van der Waals surface area contributed by atoms with E-state index in [1.165, 1.54) is 7.05 Å². The Morgan fingerprint density at radius 2 is 1.96 bits per heavy atom. The van der Waals surface area contributed by atoms with Gasteiger partial charge in [0.25, 0.3) is 0 Å². The summed E-state index contributed by atoms with van der Waals surface area (Å²) in [6.45, 7) is 5.54. The average Bonchev–Trinajstić information content (AvgIpc) is 2.85. The van der Waals surface area contributed by atoms with Crippen molar-refractivity contribution in [2.24, 2.45) is 7.05 Å². The van der Waals surface area contributed by atoms with Crippen LogP contribution in [0.3, 0.4) is 0 Å². The number of aromatic nitrogens is 3. The van der Waals surface area contributed by atoms with Crippen LogP contribution < -0.4 is 5.69 Å². The van der Waals surface area contributed by atoms with Crippen LogP contribution in [0.25, 0.3) is 5.69 Å².